The average molecular weight is 343 g/mol. The molecule has 8 heteroatoms. The number of halogens is 2. The second kappa shape index (κ2) is 6.08. The Hall–Kier alpha value is -1.83. The lowest BCUT2D eigenvalue weighted by Gasteiger charge is -2.08. The smallest absolute Gasteiger partial charge is 0.306 e. The second-order valence-electron chi connectivity index (χ2n) is 4.38. The van der Waals surface area contributed by atoms with Crippen LogP contribution in [0.2, 0.25) is 0 Å². The van der Waals surface area contributed by atoms with Gasteiger partial charge in [0.05, 0.1) is 10.4 Å². The van der Waals surface area contributed by atoms with Crippen LogP contribution in [0, 0.1) is 11.7 Å². The molecule has 0 aliphatic rings. The number of tetrazole rings is 1. The van der Waals surface area contributed by atoms with Gasteiger partial charge < -0.3 is 5.11 Å². The first-order valence-electron chi connectivity index (χ1n) is 5.93. The van der Waals surface area contributed by atoms with Crippen LogP contribution in [0.15, 0.2) is 22.7 Å². The third kappa shape index (κ3) is 3.19. The summed E-state index contributed by atoms with van der Waals surface area (Å²) >= 11 is 3.11. The van der Waals surface area contributed by atoms with Crippen LogP contribution in [-0.4, -0.2) is 31.3 Å². The van der Waals surface area contributed by atoms with Gasteiger partial charge in [0.1, 0.15) is 5.82 Å². The van der Waals surface area contributed by atoms with E-state index >= 15 is 0 Å². The number of nitrogens with zero attached hydrogens (tertiary/aromatic N) is 4. The van der Waals surface area contributed by atoms with Gasteiger partial charge in [-0.25, -0.2) is 9.07 Å². The van der Waals surface area contributed by atoms with Crippen LogP contribution in [0.25, 0.3) is 11.4 Å². The fourth-order valence-electron chi connectivity index (χ4n) is 1.64. The minimum atomic E-state index is -0.857. The normalized spacial score (nSPS) is 12.3. The van der Waals surface area contributed by atoms with Gasteiger partial charge in [0, 0.05) is 12.1 Å². The van der Waals surface area contributed by atoms with Crippen molar-refractivity contribution in [1.29, 1.82) is 0 Å². The van der Waals surface area contributed by atoms with Gasteiger partial charge >= 0.3 is 5.97 Å². The van der Waals surface area contributed by atoms with E-state index in [1.54, 1.807) is 19.1 Å². The van der Waals surface area contributed by atoms with Crippen LogP contribution in [0.4, 0.5) is 4.39 Å². The summed E-state index contributed by atoms with van der Waals surface area (Å²) in [5.41, 5.74) is 0.659. The molecule has 0 aliphatic heterocycles. The van der Waals surface area contributed by atoms with Crippen LogP contribution < -0.4 is 0 Å². The van der Waals surface area contributed by atoms with E-state index in [-0.39, 0.29) is 5.82 Å². The van der Waals surface area contributed by atoms with Gasteiger partial charge in [0.15, 0.2) is 5.82 Å². The largest absolute Gasteiger partial charge is 0.481 e. The number of aromatic nitrogens is 4. The molecule has 1 N–H and O–H groups in total. The maximum Gasteiger partial charge on any atom is 0.306 e. The van der Waals surface area contributed by atoms with Crippen molar-refractivity contribution in [3.8, 4) is 11.4 Å². The molecule has 2 aromatic rings. The van der Waals surface area contributed by atoms with Gasteiger partial charge in [-0.15, -0.1) is 5.10 Å². The lowest BCUT2D eigenvalue weighted by molar-refractivity contribution is -0.141. The molecule has 0 saturated heterocycles. The molecule has 1 aromatic carbocycles. The topological polar surface area (TPSA) is 80.9 Å². The Bertz CT molecular complexity index is 632. The number of benzene rings is 1. The van der Waals surface area contributed by atoms with E-state index in [0.29, 0.717) is 28.8 Å². The van der Waals surface area contributed by atoms with Gasteiger partial charge in [-0.3, -0.25) is 4.79 Å². The molecule has 1 aromatic heterocycles. The predicted molar refractivity (Wildman–Crippen MR) is 72.3 cm³/mol. The standard InChI is InChI=1S/C12H12BrFN4O2/c1-7(12(19)20)4-5-18-11(15-16-17-18)8-2-3-10(14)9(13)6-8/h2-3,6-7H,4-5H2,1H3,(H,19,20). The van der Waals surface area contributed by atoms with E-state index in [1.807, 2.05) is 0 Å². The van der Waals surface area contributed by atoms with Crippen molar-refractivity contribution in [3.63, 3.8) is 0 Å². The third-order valence-electron chi connectivity index (χ3n) is 2.91. The summed E-state index contributed by atoms with van der Waals surface area (Å²) in [6.07, 6.45) is 0.412. The first-order valence-corrected chi connectivity index (χ1v) is 6.72. The third-order valence-corrected chi connectivity index (χ3v) is 3.51. The predicted octanol–water partition coefficient (Wildman–Crippen LogP) is 2.35. The SMILES string of the molecule is CC(CCn1nnnc1-c1ccc(F)c(Br)c1)C(=O)O. The first kappa shape index (κ1) is 14.6. The van der Waals surface area contributed by atoms with Crippen LogP contribution in [0.3, 0.4) is 0 Å². The molecule has 20 heavy (non-hydrogen) atoms. The Kier molecular flexibility index (Phi) is 4.43. The highest BCUT2D eigenvalue weighted by Gasteiger charge is 2.14. The Morgan fingerprint density at radius 2 is 2.30 bits per heavy atom. The van der Waals surface area contributed by atoms with Crippen molar-refractivity contribution >= 4 is 21.9 Å². The Morgan fingerprint density at radius 1 is 1.55 bits per heavy atom. The molecular formula is C12H12BrFN4O2. The fourth-order valence-corrected chi connectivity index (χ4v) is 2.02. The zero-order chi connectivity index (χ0) is 14.7. The van der Waals surface area contributed by atoms with Gasteiger partial charge in [0.2, 0.25) is 0 Å². The highest BCUT2D eigenvalue weighted by atomic mass is 79.9. The van der Waals surface area contributed by atoms with Gasteiger partial charge in [-0.2, -0.15) is 0 Å². The molecule has 1 atom stereocenters. The number of hydrogen-bond donors (Lipinski definition) is 1. The van der Waals surface area contributed by atoms with E-state index in [2.05, 4.69) is 31.5 Å². The Balaban J connectivity index is 2.19. The molecule has 0 amide bonds. The minimum Gasteiger partial charge on any atom is -0.481 e. The van der Waals surface area contributed by atoms with E-state index in [0.717, 1.165) is 0 Å². The summed E-state index contributed by atoms with van der Waals surface area (Å²) in [7, 11) is 0. The molecule has 2 rings (SSSR count). The summed E-state index contributed by atoms with van der Waals surface area (Å²) in [4.78, 5) is 10.8. The van der Waals surface area contributed by atoms with Crippen LogP contribution in [-0.2, 0) is 11.3 Å². The monoisotopic (exact) mass is 342 g/mol. The molecule has 106 valence electrons. The number of carboxylic acid groups (broad SMARTS) is 1. The first-order chi connectivity index (χ1) is 9.49. The number of carboxylic acids is 1. The highest BCUT2D eigenvalue weighted by molar-refractivity contribution is 9.10. The molecule has 0 bridgehead atoms. The quantitative estimate of drug-likeness (QED) is 0.901. The minimum absolute atomic E-state index is 0.323. The molecule has 1 unspecified atom stereocenters. The van der Waals surface area contributed by atoms with Crippen molar-refractivity contribution in [2.75, 3.05) is 0 Å². The zero-order valence-electron chi connectivity index (χ0n) is 10.6. The second-order valence-corrected chi connectivity index (χ2v) is 5.24. The summed E-state index contributed by atoms with van der Waals surface area (Å²) in [5.74, 6) is -1.23. The Morgan fingerprint density at radius 3 is 2.95 bits per heavy atom. The van der Waals surface area contributed by atoms with Crippen molar-refractivity contribution in [2.45, 2.75) is 19.9 Å². The summed E-state index contributed by atoms with van der Waals surface area (Å²) in [6, 6.07) is 4.47. The van der Waals surface area contributed by atoms with E-state index < -0.39 is 11.9 Å². The fraction of sp³-hybridized carbons (Fsp3) is 0.333. The number of aliphatic carboxylic acids is 1. The van der Waals surface area contributed by atoms with Crippen LogP contribution >= 0.6 is 15.9 Å². The summed E-state index contributed by atoms with van der Waals surface area (Å²) in [5, 5.41) is 20.2. The van der Waals surface area contributed by atoms with Gasteiger partial charge in [0.25, 0.3) is 0 Å². The van der Waals surface area contributed by atoms with E-state index in [1.165, 1.54) is 10.7 Å². The average Bonchev–Trinajstić information content (AvgIpc) is 2.87. The van der Waals surface area contributed by atoms with Gasteiger partial charge in [-0.1, -0.05) is 6.92 Å². The molecule has 1 heterocycles. The molecule has 0 spiro atoms. The highest BCUT2D eigenvalue weighted by Crippen LogP contribution is 2.23. The van der Waals surface area contributed by atoms with Crippen LogP contribution in [0.5, 0.6) is 0 Å². The van der Waals surface area contributed by atoms with Crippen molar-refractivity contribution in [3.05, 3.63) is 28.5 Å². The molecular weight excluding hydrogens is 331 g/mol. The maximum atomic E-state index is 13.2. The van der Waals surface area contributed by atoms with Crippen LogP contribution in [0.1, 0.15) is 13.3 Å². The summed E-state index contributed by atoms with van der Waals surface area (Å²) in [6.45, 7) is 2.01. The number of rotatable bonds is 5. The van der Waals surface area contributed by atoms with Gasteiger partial charge in [-0.05, 0) is 51.0 Å². The van der Waals surface area contributed by atoms with E-state index in [4.69, 9.17) is 5.11 Å². The molecule has 0 aliphatic carbocycles. The van der Waals surface area contributed by atoms with Crippen molar-refractivity contribution in [2.24, 2.45) is 5.92 Å². The molecule has 0 radical (unpaired) electrons. The van der Waals surface area contributed by atoms with Crippen molar-refractivity contribution < 1.29 is 14.3 Å². The van der Waals surface area contributed by atoms with E-state index in [9.17, 15) is 9.18 Å². The molecule has 6 nitrogen and oxygen atoms in total. The molecule has 0 fully saturated rings. The number of hydrogen-bond acceptors (Lipinski definition) is 4. The lowest BCUT2D eigenvalue weighted by atomic mass is 10.1. The lowest BCUT2D eigenvalue weighted by Crippen LogP contribution is -2.14. The molecule has 0 saturated carbocycles. The zero-order valence-corrected chi connectivity index (χ0v) is 12.2. The van der Waals surface area contributed by atoms with Crippen molar-refractivity contribution in [1.82, 2.24) is 20.2 Å². The number of carbonyl (C=O) groups is 1. The Labute approximate surface area is 122 Å². The summed E-state index contributed by atoms with van der Waals surface area (Å²) < 4.78 is 15.0. The number of aryl methyl sites for hydroxylation is 1. The maximum absolute atomic E-state index is 13.2.